The van der Waals surface area contributed by atoms with Crippen LogP contribution in [0.4, 0.5) is 0 Å². The van der Waals surface area contributed by atoms with E-state index < -0.39 is 0 Å². The molecule has 3 aromatic rings. The van der Waals surface area contributed by atoms with Gasteiger partial charge in [-0.25, -0.2) is 9.97 Å². The zero-order chi connectivity index (χ0) is 17.2. The van der Waals surface area contributed by atoms with Crippen molar-refractivity contribution in [1.82, 2.24) is 19.9 Å². The Morgan fingerprint density at radius 1 is 1.16 bits per heavy atom. The number of pyridine rings is 1. The highest BCUT2D eigenvalue weighted by Gasteiger charge is 2.31. The summed E-state index contributed by atoms with van der Waals surface area (Å²) in [6.45, 7) is 2.78. The number of aromatic nitrogens is 3. The van der Waals surface area contributed by atoms with Crippen molar-refractivity contribution in [1.29, 1.82) is 0 Å². The first-order valence-corrected chi connectivity index (χ1v) is 9.02. The lowest BCUT2D eigenvalue weighted by atomic mass is 10.0. The maximum atomic E-state index is 6.02. The molecule has 0 radical (unpaired) electrons. The molecule has 2 heterocycles. The minimum absolute atomic E-state index is 0.382. The normalized spacial score (nSPS) is 15.3. The molecule has 1 aliphatic rings. The summed E-state index contributed by atoms with van der Waals surface area (Å²) in [6, 6.07) is 12.7. The molecule has 0 spiro atoms. The Labute approximate surface area is 152 Å². The monoisotopic (exact) mass is 352 g/mol. The van der Waals surface area contributed by atoms with E-state index in [1.807, 2.05) is 42.1 Å². The number of hydrogen-bond donors (Lipinski definition) is 1. The second-order valence-electron chi connectivity index (χ2n) is 6.62. The van der Waals surface area contributed by atoms with Gasteiger partial charge in [-0.15, -0.1) is 0 Å². The van der Waals surface area contributed by atoms with Crippen LogP contribution >= 0.6 is 11.6 Å². The third kappa shape index (κ3) is 3.75. The predicted molar refractivity (Wildman–Crippen MR) is 99.9 cm³/mol. The van der Waals surface area contributed by atoms with E-state index in [1.54, 1.807) is 6.20 Å². The molecule has 1 fully saturated rings. The van der Waals surface area contributed by atoms with E-state index in [4.69, 9.17) is 11.6 Å². The van der Waals surface area contributed by atoms with Crippen molar-refractivity contribution in [3.05, 3.63) is 77.0 Å². The third-order valence-corrected chi connectivity index (χ3v) is 4.98. The number of rotatable bonds is 6. The minimum atomic E-state index is 0.382. The molecule has 1 saturated carbocycles. The van der Waals surface area contributed by atoms with Crippen LogP contribution in [-0.2, 0) is 6.54 Å². The highest BCUT2D eigenvalue weighted by Crippen LogP contribution is 2.41. The van der Waals surface area contributed by atoms with Crippen LogP contribution in [0.2, 0.25) is 5.02 Å². The molecule has 1 aliphatic carbocycles. The van der Waals surface area contributed by atoms with Crippen LogP contribution in [0, 0.1) is 12.8 Å². The minimum Gasteiger partial charge on any atom is -0.306 e. The first-order chi connectivity index (χ1) is 12.2. The summed E-state index contributed by atoms with van der Waals surface area (Å²) in [4.78, 5) is 8.81. The van der Waals surface area contributed by atoms with Gasteiger partial charge in [0.15, 0.2) is 0 Å². The summed E-state index contributed by atoms with van der Waals surface area (Å²) in [6.07, 6.45) is 8.24. The number of imidazole rings is 1. The van der Waals surface area contributed by atoms with Crippen LogP contribution < -0.4 is 5.32 Å². The van der Waals surface area contributed by atoms with E-state index in [1.165, 1.54) is 24.0 Å². The third-order valence-electron chi connectivity index (χ3n) is 4.73. The molecule has 25 heavy (non-hydrogen) atoms. The van der Waals surface area contributed by atoms with E-state index in [0.717, 1.165) is 29.1 Å². The van der Waals surface area contributed by atoms with Crippen molar-refractivity contribution in [2.45, 2.75) is 32.4 Å². The summed E-state index contributed by atoms with van der Waals surface area (Å²) in [5.74, 6) is 2.56. The van der Waals surface area contributed by atoms with Crippen molar-refractivity contribution in [2.75, 3.05) is 0 Å². The molecule has 0 unspecified atom stereocenters. The van der Waals surface area contributed by atoms with Crippen molar-refractivity contribution in [3.63, 3.8) is 0 Å². The molecule has 1 N–H and O–H groups in total. The fraction of sp³-hybridized carbons (Fsp3) is 0.300. The van der Waals surface area contributed by atoms with E-state index >= 15 is 0 Å². The van der Waals surface area contributed by atoms with Gasteiger partial charge in [-0.3, -0.25) is 4.57 Å². The highest BCUT2D eigenvalue weighted by molar-refractivity contribution is 6.30. The zero-order valence-corrected chi connectivity index (χ0v) is 14.9. The molecule has 0 aliphatic heterocycles. The lowest BCUT2D eigenvalue weighted by Crippen LogP contribution is -2.22. The Bertz CT molecular complexity index is 835. The lowest BCUT2D eigenvalue weighted by Gasteiger charge is -2.19. The Balaban J connectivity index is 1.44. The fourth-order valence-electron chi connectivity index (χ4n) is 3.17. The summed E-state index contributed by atoms with van der Waals surface area (Å²) >= 11 is 6.02. The molecule has 1 atom stereocenters. The Morgan fingerprint density at radius 2 is 1.96 bits per heavy atom. The maximum absolute atomic E-state index is 6.02. The second kappa shape index (κ2) is 6.98. The summed E-state index contributed by atoms with van der Waals surface area (Å²) < 4.78 is 1.98. The van der Waals surface area contributed by atoms with Gasteiger partial charge >= 0.3 is 0 Å². The number of aryl methyl sites for hydroxylation is 1. The van der Waals surface area contributed by atoms with Crippen molar-refractivity contribution < 1.29 is 0 Å². The van der Waals surface area contributed by atoms with Crippen molar-refractivity contribution in [2.24, 2.45) is 5.92 Å². The van der Waals surface area contributed by atoms with Gasteiger partial charge in [0.25, 0.3) is 0 Å². The maximum Gasteiger partial charge on any atom is 0.137 e. The highest BCUT2D eigenvalue weighted by atomic mass is 35.5. The largest absolute Gasteiger partial charge is 0.306 e. The molecule has 0 amide bonds. The summed E-state index contributed by atoms with van der Waals surface area (Å²) in [5, 5.41) is 4.48. The average Bonchev–Trinajstić information content (AvgIpc) is 3.38. The molecule has 0 saturated heterocycles. The van der Waals surface area contributed by atoms with Gasteiger partial charge in [-0.05, 0) is 55.0 Å². The standard InChI is InChI=1S/C20H21ClN4/c1-14-22-10-11-25(14)19-9-2-15(12-23-19)13-24-20(16-3-4-16)17-5-7-18(21)8-6-17/h2,5-12,16,20,24H,3-4,13H2,1H3/t20-/m1/s1. The Hall–Kier alpha value is -2.17. The molecular formula is C20H21ClN4. The van der Waals surface area contributed by atoms with Crippen LogP contribution in [0.5, 0.6) is 0 Å². The molecule has 4 nitrogen and oxygen atoms in total. The van der Waals surface area contributed by atoms with Crippen LogP contribution in [0.25, 0.3) is 5.82 Å². The number of halogens is 1. The quantitative estimate of drug-likeness (QED) is 0.711. The molecule has 1 aromatic carbocycles. The molecule has 4 rings (SSSR count). The lowest BCUT2D eigenvalue weighted by molar-refractivity contribution is 0.480. The smallest absolute Gasteiger partial charge is 0.137 e. The van der Waals surface area contributed by atoms with Gasteiger partial charge in [0.2, 0.25) is 0 Å². The molecule has 5 heteroatoms. The topological polar surface area (TPSA) is 42.7 Å². The van der Waals surface area contributed by atoms with Crippen LogP contribution in [0.1, 0.15) is 35.8 Å². The SMILES string of the molecule is Cc1nccn1-c1ccc(CN[C@@H](c2ccc(Cl)cc2)C2CC2)cn1. The van der Waals surface area contributed by atoms with Gasteiger partial charge in [-0.1, -0.05) is 29.8 Å². The van der Waals surface area contributed by atoms with Gasteiger partial charge in [0.05, 0.1) is 0 Å². The van der Waals surface area contributed by atoms with Gasteiger partial charge in [0.1, 0.15) is 11.6 Å². The number of benzene rings is 1. The molecule has 0 bridgehead atoms. The van der Waals surface area contributed by atoms with Gasteiger partial charge < -0.3 is 5.32 Å². The van der Waals surface area contributed by atoms with Crippen LogP contribution in [0.3, 0.4) is 0 Å². The van der Waals surface area contributed by atoms with Gasteiger partial charge in [-0.2, -0.15) is 0 Å². The fourth-order valence-corrected chi connectivity index (χ4v) is 3.29. The first kappa shape index (κ1) is 16.3. The summed E-state index contributed by atoms with van der Waals surface area (Å²) in [7, 11) is 0. The number of nitrogens with zero attached hydrogens (tertiary/aromatic N) is 3. The van der Waals surface area contributed by atoms with Crippen molar-refractivity contribution in [3.8, 4) is 5.82 Å². The second-order valence-corrected chi connectivity index (χ2v) is 7.05. The average molecular weight is 353 g/mol. The predicted octanol–water partition coefficient (Wildman–Crippen LogP) is 4.47. The Morgan fingerprint density at radius 3 is 2.56 bits per heavy atom. The van der Waals surface area contributed by atoms with E-state index in [0.29, 0.717) is 6.04 Å². The van der Waals surface area contributed by atoms with E-state index in [-0.39, 0.29) is 0 Å². The number of nitrogens with one attached hydrogen (secondary N) is 1. The van der Waals surface area contributed by atoms with Crippen LogP contribution in [0.15, 0.2) is 55.0 Å². The molecule has 2 aromatic heterocycles. The van der Waals surface area contributed by atoms with Crippen LogP contribution in [-0.4, -0.2) is 14.5 Å². The van der Waals surface area contributed by atoms with Crippen molar-refractivity contribution >= 4 is 11.6 Å². The van der Waals surface area contributed by atoms with Gasteiger partial charge in [0, 0.05) is 36.2 Å². The van der Waals surface area contributed by atoms with E-state index in [2.05, 4.69) is 33.5 Å². The molecular weight excluding hydrogens is 332 g/mol. The Kier molecular flexibility index (Phi) is 4.55. The first-order valence-electron chi connectivity index (χ1n) is 8.65. The zero-order valence-electron chi connectivity index (χ0n) is 14.2. The summed E-state index contributed by atoms with van der Waals surface area (Å²) in [5.41, 5.74) is 2.49. The molecule has 128 valence electrons. The van der Waals surface area contributed by atoms with E-state index in [9.17, 15) is 0 Å². The number of hydrogen-bond acceptors (Lipinski definition) is 3.